The number of hydrogen-bond acceptors (Lipinski definition) is 7. The minimum absolute atomic E-state index is 0.129. The first-order valence-electron chi connectivity index (χ1n) is 13.0. The molecular formula is C25H39N3O7. The number of morpholine rings is 1. The zero-order valence-electron chi connectivity index (χ0n) is 20.5. The standard InChI is InChI=1S/C25H39N3O7/c1-2-9-27(12-11-26-13-16-34-17-14-26)23(31)21-25-8-7-18(35-25)19(24(32)33)20(25)22(30)28(21)10-5-3-4-6-15-29/h2,18-21,29H,1,3-17H2,(H,32,33)/t18-,19+,20+,21-,25+/m1/s1. The molecule has 1 spiro atoms. The minimum Gasteiger partial charge on any atom is -0.481 e. The fourth-order valence-corrected chi connectivity index (χ4v) is 6.41. The average molecular weight is 494 g/mol. The molecule has 4 rings (SSSR count). The first kappa shape index (κ1) is 26.1. The van der Waals surface area contributed by atoms with Gasteiger partial charge >= 0.3 is 5.97 Å². The van der Waals surface area contributed by atoms with Crippen LogP contribution in [-0.2, 0) is 23.9 Å². The molecule has 0 aromatic carbocycles. The van der Waals surface area contributed by atoms with Crippen LogP contribution in [-0.4, -0.2) is 120 Å². The molecule has 0 aromatic heterocycles. The SMILES string of the molecule is C=CCN(CCN1CCOCC1)C(=O)[C@H]1N(CCCCCCO)C(=O)[C@@H]2[C@@H](C(=O)O)[C@H]3CC[C@]21O3. The second-order valence-electron chi connectivity index (χ2n) is 10.1. The molecule has 4 fully saturated rings. The van der Waals surface area contributed by atoms with Crippen molar-refractivity contribution in [3.8, 4) is 0 Å². The molecule has 4 heterocycles. The third-order valence-corrected chi connectivity index (χ3v) is 8.08. The van der Waals surface area contributed by atoms with E-state index in [-0.39, 0.29) is 18.4 Å². The summed E-state index contributed by atoms with van der Waals surface area (Å²) in [6.07, 6.45) is 5.27. The number of nitrogens with zero attached hydrogens (tertiary/aromatic N) is 3. The lowest BCUT2D eigenvalue weighted by atomic mass is 9.70. The van der Waals surface area contributed by atoms with Crippen molar-refractivity contribution >= 4 is 17.8 Å². The van der Waals surface area contributed by atoms with Crippen molar-refractivity contribution in [2.24, 2.45) is 11.8 Å². The normalized spacial score (nSPS) is 32.1. The van der Waals surface area contributed by atoms with Crippen molar-refractivity contribution in [3.05, 3.63) is 12.7 Å². The van der Waals surface area contributed by atoms with Crippen LogP contribution in [0.15, 0.2) is 12.7 Å². The summed E-state index contributed by atoms with van der Waals surface area (Å²) in [7, 11) is 0. The number of carbonyl (C=O) groups excluding carboxylic acids is 2. The molecule has 35 heavy (non-hydrogen) atoms. The first-order valence-corrected chi connectivity index (χ1v) is 13.0. The van der Waals surface area contributed by atoms with Crippen LogP contribution in [0.25, 0.3) is 0 Å². The van der Waals surface area contributed by atoms with Crippen molar-refractivity contribution in [2.75, 3.05) is 59.1 Å². The molecule has 0 aromatic rings. The minimum atomic E-state index is -1.08. The zero-order chi connectivity index (χ0) is 25.0. The number of carboxylic acid groups (broad SMARTS) is 1. The number of amides is 2. The van der Waals surface area contributed by atoms with E-state index in [9.17, 15) is 19.5 Å². The van der Waals surface area contributed by atoms with Crippen LogP contribution >= 0.6 is 0 Å². The van der Waals surface area contributed by atoms with Gasteiger partial charge in [0.15, 0.2) is 0 Å². The van der Waals surface area contributed by atoms with Gasteiger partial charge in [0.1, 0.15) is 11.6 Å². The molecule has 4 aliphatic rings. The van der Waals surface area contributed by atoms with Crippen LogP contribution in [0.5, 0.6) is 0 Å². The van der Waals surface area contributed by atoms with Crippen molar-refractivity contribution in [1.82, 2.24) is 14.7 Å². The largest absolute Gasteiger partial charge is 0.481 e. The van der Waals surface area contributed by atoms with Gasteiger partial charge < -0.3 is 29.5 Å². The third-order valence-electron chi connectivity index (χ3n) is 8.08. The smallest absolute Gasteiger partial charge is 0.310 e. The summed E-state index contributed by atoms with van der Waals surface area (Å²) in [6, 6.07) is -0.822. The molecule has 2 bridgehead atoms. The van der Waals surface area contributed by atoms with Gasteiger partial charge in [-0.3, -0.25) is 19.3 Å². The Morgan fingerprint density at radius 1 is 1.17 bits per heavy atom. The lowest BCUT2D eigenvalue weighted by Crippen LogP contribution is -2.57. The summed E-state index contributed by atoms with van der Waals surface area (Å²) in [5, 5.41) is 18.9. The molecule has 196 valence electrons. The van der Waals surface area contributed by atoms with Crippen LogP contribution in [0.2, 0.25) is 0 Å². The fraction of sp³-hybridized carbons (Fsp3) is 0.800. The van der Waals surface area contributed by atoms with E-state index in [0.717, 1.165) is 25.9 Å². The van der Waals surface area contributed by atoms with E-state index in [2.05, 4.69) is 11.5 Å². The number of aliphatic carboxylic acids is 1. The van der Waals surface area contributed by atoms with E-state index in [0.29, 0.717) is 65.1 Å². The predicted molar refractivity (Wildman–Crippen MR) is 127 cm³/mol. The summed E-state index contributed by atoms with van der Waals surface area (Å²) in [5.74, 6) is -3.22. The molecule has 10 nitrogen and oxygen atoms in total. The average Bonchev–Trinajstić information content (AvgIpc) is 3.49. The molecule has 2 N–H and O–H groups in total. The van der Waals surface area contributed by atoms with Crippen LogP contribution in [0.1, 0.15) is 38.5 Å². The van der Waals surface area contributed by atoms with Crippen molar-refractivity contribution in [3.63, 3.8) is 0 Å². The zero-order valence-corrected chi connectivity index (χ0v) is 20.5. The number of aliphatic hydroxyl groups excluding tert-OH is 1. The van der Waals surface area contributed by atoms with Crippen molar-refractivity contribution in [2.45, 2.75) is 56.3 Å². The number of carbonyl (C=O) groups is 3. The molecule has 4 saturated heterocycles. The number of likely N-dealkylation sites (tertiary alicyclic amines) is 1. The molecule has 0 saturated carbocycles. The number of unbranched alkanes of at least 4 members (excludes halogenated alkanes) is 3. The van der Waals surface area contributed by atoms with Crippen LogP contribution in [0.4, 0.5) is 0 Å². The molecule has 4 aliphatic heterocycles. The third kappa shape index (κ3) is 4.98. The Morgan fingerprint density at radius 3 is 2.60 bits per heavy atom. The summed E-state index contributed by atoms with van der Waals surface area (Å²) >= 11 is 0. The number of hydrogen-bond donors (Lipinski definition) is 2. The molecule has 0 aliphatic carbocycles. The number of rotatable bonds is 13. The van der Waals surface area contributed by atoms with Gasteiger partial charge in [-0.25, -0.2) is 0 Å². The van der Waals surface area contributed by atoms with E-state index in [1.54, 1.807) is 15.9 Å². The predicted octanol–water partition coefficient (Wildman–Crippen LogP) is 0.345. The maximum atomic E-state index is 14.1. The molecule has 10 heteroatoms. The van der Waals surface area contributed by atoms with Gasteiger partial charge in [-0.1, -0.05) is 18.9 Å². The number of fused-ring (bicyclic) bond motifs is 1. The summed E-state index contributed by atoms with van der Waals surface area (Å²) in [6.45, 7) is 8.85. The van der Waals surface area contributed by atoms with Crippen LogP contribution in [0.3, 0.4) is 0 Å². The Labute approximate surface area is 206 Å². The second-order valence-corrected chi connectivity index (χ2v) is 10.1. The Bertz CT molecular complexity index is 802. The Kier molecular flexibility index (Phi) is 8.46. The van der Waals surface area contributed by atoms with E-state index in [1.807, 2.05) is 0 Å². The van der Waals surface area contributed by atoms with Crippen LogP contribution in [0, 0.1) is 11.8 Å². The first-order chi connectivity index (χ1) is 16.9. The van der Waals surface area contributed by atoms with E-state index >= 15 is 0 Å². The maximum Gasteiger partial charge on any atom is 0.310 e. The quantitative estimate of drug-likeness (QED) is 0.279. The molecule has 0 radical (unpaired) electrons. The maximum absolute atomic E-state index is 14.1. The lowest BCUT2D eigenvalue weighted by Gasteiger charge is -2.37. The highest BCUT2D eigenvalue weighted by Gasteiger charge is 2.74. The number of ether oxygens (including phenoxy) is 2. The highest BCUT2D eigenvalue weighted by atomic mass is 16.5. The number of carboxylic acids is 1. The van der Waals surface area contributed by atoms with Crippen molar-refractivity contribution in [1.29, 1.82) is 0 Å². The highest BCUT2D eigenvalue weighted by molar-refractivity contribution is 5.98. The van der Waals surface area contributed by atoms with Gasteiger partial charge in [0.25, 0.3) is 0 Å². The Balaban J connectivity index is 1.56. The van der Waals surface area contributed by atoms with E-state index in [4.69, 9.17) is 14.6 Å². The Morgan fingerprint density at radius 2 is 1.91 bits per heavy atom. The fourth-order valence-electron chi connectivity index (χ4n) is 6.41. The molecule has 0 unspecified atom stereocenters. The Hall–Kier alpha value is -2.01. The summed E-state index contributed by atoms with van der Waals surface area (Å²) < 4.78 is 11.7. The molecular weight excluding hydrogens is 454 g/mol. The van der Waals surface area contributed by atoms with Gasteiger partial charge in [0.05, 0.1) is 31.2 Å². The van der Waals surface area contributed by atoms with Gasteiger partial charge in [-0.15, -0.1) is 6.58 Å². The van der Waals surface area contributed by atoms with Gasteiger partial charge in [0.2, 0.25) is 11.8 Å². The van der Waals surface area contributed by atoms with E-state index < -0.39 is 35.6 Å². The van der Waals surface area contributed by atoms with Gasteiger partial charge in [0, 0.05) is 45.9 Å². The van der Waals surface area contributed by atoms with E-state index in [1.165, 1.54) is 0 Å². The monoisotopic (exact) mass is 493 g/mol. The number of aliphatic hydroxyl groups is 1. The second kappa shape index (κ2) is 11.4. The lowest BCUT2D eigenvalue weighted by molar-refractivity contribution is -0.151. The van der Waals surface area contributed by atoms with Crippen LogP contribution < -0.4 is 0 Å². The van der Waals surface area contributed by atoms with Gasteiger partial charge in [-0.2, -0.15) is 0 Å². The summed E-state index contributed by atoms with van der Waals surface area (Å²) in [5.41, 5.74) is -1.08. The highest BCUT2D eigenvalue weighted by Crippen LogP contribution is 2.58. The van der Waals surface area contributed by atoms with Crippen molar-refractivity contribution < 1.29 is 34.1 Å². The summed E-state index contributed by atoms with van der Waals surface area (Å²) in [4.78, 5) is 45.4. The molecule has 5 atom stereocenters. The van der Waals surface area contributed by atoms with Gasteiger partial charge in [-0.05, 0) is 25.7 Å². The topological polar surface area (TPSA) is 120 Å². The molecule has 2 amide bonds.